The smallest absolute Gasteiger partial charge is 0.379 e. The van der Waals surface area contributed by atoms with Crippen LogP contribution in [0.25, 0.3) is 0 Å². The third-order valence-corrected chi connectivity index (χ3v) is 4.62. The Balaban J connectivity index is 1.87. The Morgan fingerprint density at radius 2 is 1.92 bits per heavy atom. The zero-order valence-electron chi connectivity index (χ0n) is 13.3. The van der Waals surface area contributed by atoms with Crippen LogP contribution in [0.2, 0.25) is 0 Å². The quantitative estimate of drug-likeness (QED) is 0.888. The predicted octanol–water partition coefficient (Wildman–Crippen LogP) is 2.69. The number of carbonyl (C=O) groups excluding carboxylic acids is 1. The van der Waals surface area contributed by atoms with Gasteiger partial charge >= 0.3 is 6.18 Å². The Bertz CT molecular complexity index is 592. The van der Waals surface area contributed by atoms with E-state index in [2.05, 4.69) is 10.6 Å². The van der Waals surface area contributed by atoms with Crippen LogP contribution in [0.3, 0.4) is 0 Å². The summed E-state index contributed by atoms with van der Waals surface area (Å²) in [5, 5.41) is 5.96. The van der Waals surface area contributed by atoms with E-state index < -0.39 is 17.6 Å². The van der Waals surface area contributed by atoms with Gasteiger partial charge in [-0.3, -0.25) is 4.79 Å². The Morgan fingerprint density at radius 3 is 2.54 bits per heavy atom. The summed E-state index contributed by atoms with van der Waals surface area (Å²) in [6.45, 7) is 2.53. The molecule has 2 N–H and O–H groups in total. The molecule has 4 nitrogen and oxygen atoms in total. The fraction of sp³-hybridized carbons (Fsp3) is 0.588. The molecule has 3 rings (SSSR count). The molecular weight excluding hydrogens is 321 g/mol. The number of alkyl halides is 3. The molecule has 1 atom stereocenters. The third kappa shape index (κ3) is 4.08. The highest BCUT2D eigenvalue weighted by molar-refractivity contribution is 5.94. The van der Waals surface area contributed by atoms with E-state index in [0.717, 1.165) is 32.0 Å². The molecule has 0 spiro atoms. The van der Waals surface area contributed by atoms with Crippen LogP contribution in [-0.2, 0) is 10.9 Å². The monoisotopic (exact) mass is 342 g/mol. The molecule has 2 aliphatic heterocycles. The number of rotatable bonds is 3. The average molecular weight is 342 g/mol. The van der Waals surface area contributed by atoms with Crippen molar-refractivity contribution in [2.45, 2.75) is 37.4 Å². The molecule has 2 saturated heterocycles. The van der Waals surface area contributed by atoms with Gasteiger partial charge < -0.3 is 15.4 Å². The minimum atomic E-state index is -4.46. The molecule has 24 heavy (non-hydrogen) atoms. The summed E-state index contributed by atoms with van der Waals surface area (Å²) < 4.78 is 44.8. The standard InChI is InChI=1S/C17H21F3N2O2/c18-17(19,20)14-8-12(11-1-4-21-5-2-11)7-13(9-14)16(23)22-15-3-6-24-10-15/h7-9,11,15,21H,1-6,10H2,(H,22,23). The van der Waals surface area contributed by atoms with Crippen LogP contribution in [0.1, 0.15) is 46.7 Å². The zero-order valence-corrected chi connectivity index (χ0v) is 13.3. The first-order valence-electron chi connectivity index (χ1n) is 8.25. The number of piperidine rings is 1. The fourth-order valence-corrected chi connectivity index (χ4v) is 3.25. The van der Waals surface area contributed by atoms with Crippen LogP contribution in [0.15, 0.2) is 18.2 Å². The highest BCUT2D eigenvalue weighted by Crippen LogP contribution is 2.34. The number of halogens is 3. The molecule has 0 aliphatic carbocycles. The summed E-state index contributed by atoms with van der Waals surface area (Å²) >= 11 is 0. The van der Waals surface area contributed by atoms with Gasteiger partial charge in [0.1, 0.15) is 0 Å². The molecule has 1 aromatic carbocycles. The summed E-state index contributed by atoms with van der Waals surface area (Å²) in [4.78, 5) is 12.4. The summed E-state index contributed by atoms with van der Waals surface area (Å²) in [5.74, 6) is -0.415. The Morgan fingerprint density at radius 1 is 1.17 bits per heavy atom. The highest BCUT2D eigenvalue weighted by atomic mass is 19.4. The lowest BCUT2D eigenvalue weighted by molar-refractivity contribution is -0.137. The molecule has 0 saturated carbocycles. The number of carbonyl (C=O) groups is 1. The van der Waals surface area contributed by atoms with Crippen LogP contribution < -0.4 is 10.6 Å². The third-order valence-electron chi connectivity index (χ3n) is 4.62. The van der Waals surface area contributed by atoms with Gasteiger partial charge in [-0.25, -0.2) is 0 Å². The minimum Gasteiger partial charge on any atom is -0.379 e. The van der Waals surface area contributed by atoms with Crippen molar-refractivity contribution in [3.63, 3.8) is 0 Å². The molecule has 2 aliphatic rings. The lowest BCUT2D eigenvalue weighted by Crippen LogP contribution is -2.35. The second-order valence-electron chi connectivity index (χ2n) is 6.40. The van der Waals surface area contributed by atoms with Gasteiger partial charge in [-0.1, -0.05) is 0 Å². The topological polar surface area (TPSA) is 50.4 Å². The number of hydrogen-bond acceptors (Lipinski definition) is 3. The maximum absolute atomic E-state index is 13.2. The largest absolute Gasteiger partial charge is 0.416 e. The minimum absolute atomic E-state index is 0.0508. The summed E-state index contributed by atoms with van der Waals surface area (Å²) in [5.41, 5.74) is -0.0873. The van der Waals surface area contributed by atoms with E-state index in [4.69, 9.17) is 4.74 Å². The first kappa shape index (κ1) is 17.2. The molecule has 2 fully saturated rings. The van der Waals surface area contributed by atoms with E-state index in [-0.39, 0.29) is 17.5 Å². The molecule has 132 valence electrons. The van der Waals surface area contributed by atoms with Crippen molar-refractivity contribution in [3.8, 4) is 0 Å². The predicted molar refractivity (Wildman–Crippen MR) is 83.0 cm³/mol. The average Bonchev–Trinajstić information content (AvgIpc) is 3.07. The van der Waals surface area contributed by atoms with Crippen LogP contribution in [-0.4, -0.2) is 38.3 Å². The van der Waals surface area contributed by atoms with Crippen molar-refractivity contribution in [1.82, 2.24) is 10.6 Å². The lowest BCUT2D eigenvalue weighted by Gasteiger charge is -2.24. The van der Waals surface area contributed by atoms with Crippen molar-refractivity contribution in [2.24, 2.45) is 0 Å². The molecule has 1 unspecified atom stereocenters. The molecule has 2 heterocycles. The summed E-state index contributed by atoms with van der Waals surface area (Å²) in [6.07, 6.45) is -2.22. The van der Waals surface area contributed by atoms with Crippen LogP contribution in [0, 0.1) is 0 Å². The summed E-state index contributed by atoms with van der Waals surface area (Å²) in [6, 6.07) is 3.60. The van der Waals surface area contributed by atoms with Gasteiger partial charge in [0.05, 0.1) is 18.2 Å². The lowest BCUT2D eigenvalue weighted by atomic mass is 9.88. The van der Waals surface area contributed by atoms with Gasteiger partial charge in [0.15, 0.2) is 0 Å². The van der Waals surface area contributed by atoms with Gasteiger partial charge in [-0.2, -0.15) is 13.2 Å². The van der Waals surface area contributed by atoms with E-state index >= 15 is 0 Å². The summed E-state index contributed by atoms with van der Waals surface area (Å²) in [7, 11) is 0. The number of hydrogen-bond donors (Lipinski definition) is 2. The van der Waals surface area contributed by atoms with Gasteiger partial charge in [0, 0.05) is 12.2 Å². The zero-order chi connectivity index (χ0) is 17.2. The van der Waals surface area contributed by atoms with E-state index in [1.54, 1.807) is 6.07 Å². The molecule has 0 radical (unpaired) electrons. The fourth-order valence-electron chi connectivity index (χ4n) is 3.25. The van der Waals surface area contributed by atoms with E-state index in [0.29, 0.717) is 25.2 Å². The van der Waals surface area contributed by atoms with Crippen molar-refractivity contribution >= 4 is 5.91 Å². The van der Waals surface area contributed by atoms with Crippen molar-refractivity contribution < 1.29 is 22.7 Å². The number of amides is 1. The second-order valence-corrected chi connectivity index (χ2v) is 6.40. The van der Waals surface area contributed by atoms with Gasteiger partial charge in [-0.05, 0) is 62.0 Å². The number of benzene rings is 1. The Kier molecular flexibility index (Phi) is 5.10. The van der Waals surface area contributed by atoms with Crippen LogP contribution in [0.5, 0.6) is 0 Å². The molecule has 1 amide bonds. The normalized spacial score (nSPS) is 22.5. The molecular formula is C17H21F3N2O2. The molecule has 0 bridgehead atoms. The highest BCUT2D eigenvalue weighted by Gasteiger charge is 2.33. The van der Waals surface area contributed by atoms with Crippen LogP contribution >= 0.6 is 0 Å². The first-order valence-corrected chi connectivity index (χ1v) is 8.25. The molecule has 0 aromatic heterocycles. The van der Waals surface area contributed by atoms with Gasteiger partial charge in [-0.15, -0.1) is 0 Å². The van der Waals surface area contributed by atoms with Gasteiger partial charge in [0.2, 0.25) is 0 Å². The Hall–Kier alpha value is -1.60. The molecule has 7 heteroatoms. The van der Waals surface area contributed by atoms with E-state index in [9.17, 15) is 18.0 Å². The number of ether oxygens (including phenoxy) is 1. The maximum atomic E-state index is 13.2. The SMILES string of the molecule is O=C(NC1CCOC1)c1cc(C2CCNCC2)cc(C(F)(F)F)c1. The van der Waals surface area contributed by atoms with E-state index in [1.165, 1.54) is 6.07 Å². The molecule has 1 aromatic rings. The van der Waals surface area contributed by atoms with Crippen molar-refractivity contribution in [2.75, 3.05) is 26.3 Å². The van der Waals surface area contributed by atoms with E-state index in [1.807, 2.05) is 0 Å². The maximum Gasteiger partial charge on any atom is 0.416 e. The van der Waals surface area contributed by atoms with Crippen molar-refractivity contribution in [1.29, 1.82) is 0 Å². The number of nitrogens with one attached hydrogen (secondary N) is 2. The van der Waals surface area contributed by atoms with Crippen molar-refractivity contribution in [3.05, 3.63) is 34.9 Å². The van der Waals surface area contributed by atoms with Gasteiger partial charge in [0.25, 0.3) is 5.91 Å². The van der Waals surface area contributed by atoms with Crippen LogP contribution in [0.4, 0.5) is 13.2 Å². The second kappa shape index (κ2) is 7.11. The first-order chi connectivity index (χ1) is 11.4. The Labute approximate surface area is 138 Å².